The van der Waals surface area contributed by atoms with E-state index in [2.05, 4.69) is 110 Å². The lowest BCUT2D eigenvalue weighted by Gasteiger charge is -2.39. The van der Waals surface area contributed by atoms with E-state index in [1.54, 1.807) is 11.1 Å². The van der Waals surface area contributed by atoms with E-state index >= 15 is 0 Å². The second kappa shape index (κ2) is 14.3. The summed E-state index contributed by atoms with van der Waals surface area (Å²) in [5, 5.41) is 9.30. The van der Waals surface area contributed by atoms with Crippen LogP contribution in [0.2, 0.25) is 0 Å². The Kier molecular flexibility index (Phi) is 9.31. The molecule has 0 spiro atoms. The molecule has 248 valence electrons. The topological polar surface area (TPSA) is 48.5 Å². The Balaban J connectivity index is 1.10. The maximum Gasteiger partial charge on any atom is 0.154 e. The van der Waals surface area contributed by atoms with E-state index in [-0.39, 0.29) is 12.0 Å². The van der Waals surface area contributed by atoms with E-state index < -0.39 is 0 Å². The lowest BCUT2D eigenvalue weighted by molar-refractivity contribution is 0.438. The summed E-state index contributed by atoms with van der Waals surface area (Å²) in [5.74, 6) is 3.00. The number of aliphatic imine (C=N–C) groups is 2. The zero-order valence-corrected chi connectivity index (χ0v) is 29.0. The van der Waals surface area contributed by atoms with Gasteiger partial charge in [-0.3, -0.25) is 4.99 Å². The van der Waals surface area contributed by atoms with Crippen molar-refractivity contribution in [3.63, 3.8) is 0 Å². The maximum atomic E-state index is 9.30. The van der Waals surface area contributed by atoms with Crippen molar-refractivity contribution in [2.75, 3.05) is 0 Å². The van der Waals surface area contributed by atoms with Crippen molar-refractivity contribution in [3.05, 3.63) is 142 Å². The highest BCUT2D eigenvalue weighted by Crippen LogP contribution is 2.51. The fourth-order valence-electron chi connectivity index (χ4n) is 9.52. The molecule has 2 aromatic carbocycles. The smallest absolute Gasteiger partial charge is 0.154 e. The molecule has 1 heterocycles. The summed E-state index contributed by atoms with van der Waals surface area (Å²) in [4.78, 5) is 10.6. The number of benzene rings is 2. The van der Waals surface area contributed by atoms with E-state index in [1.165, 1.54) is 72.1 Å². The van der Waals surface area contributed by atoms with E-state index in [0.717, 1.165) is 49.9 Å². The van der Waals surface area contributed by atoms with Gasteiger partial charge in [0.1, 0.15) is 0 Å². The summed E-state index contributed by atoms with van der Waals surface area (Å²) >= 11 is 0. The van der Waals surface area contributed by atoms with Gasteiger partial charge in [0.2, 0.25) is 0 Å². The van der Waals surface area contributed by atoms with E-state index in [9.17, 15) is 5.26 Å². The van der Waals surface area contributed by atoms with Gasteiger partial charge >= 0.3 is 0 Å². The van der Waals surface area contributed by atoms with E-state index in [0.29, 0.717) is 23.7 Å². The molecule has 6 aliphatic rings. The van der Waals surface area contributed by atoms with Gasteiger partial charge in [-0.25, -0.2) is 4.99 Å². The number of rotatable bonds is 6. The Labute approximate surface area is 293 Å². The largest absolute Gasteiger partial charge is 0.262 e. The minimum Gasteiger partial charge on any atom is -0.262 e. The van der Waals surface area contributed by atoms with Crippen molar-refractivity contribution >= 4 is 11.5 Å². The van der Waals surface area contributed by atoms with Crippen LogP contribution >= 0.6 is 0 Å². The van der Waals surface area contributed by atoms with Crippen LogP contribution in [0.15, 0.2) is 129 Å². The highest BCUT2D eigenvalue weighted by molar-refractivity contribution is 6.15. The molecular weight excluding hydrogens is 595 g/mol. The molecule has 0 saturated heterocycles. The third kappa shape index (κ3) is 6.55. The van der Waals surface area contributed by atoms with Crippen LogP contribution in [0.3, 0.4) is 0 Å². The number of amidine groups is 1. The normalized spacial score (nSPS) is 29.7. The Hall–Kier alpha value is -4.29. The first kappa shape index (κ1) is 31.9. The Morgan fingerprint density at radius 2 is 1.59 bits per heavy atom. The molecule has 1 aliphatic heterocycles. The standard InChI is InChI=1S/C46H49N3/c1-31-44(38-11-4-2-5-12-38)48-46(40-13-6-3-7-14-40)49-45(31)39-26-24-37(25-27-39)43-41-15-9-8-10-35(41)28-29-42(43)36-22-20-34(21-23-36)33-18-16-32(30-47)17-19-33/h2,4-6,11,13-14,16,20-27,31,33,38,42-44H,3,7-10,12,15,17-19,28-29H2,1H3. The molecule has 3 nitrogen and oxygen atoms in total. The maximum absolute atomic E-state index is 9.30. The number of hydrogen-bond acceptors (Lipinski definition) is 3. The van der Waals surface area contributed by atoms with Gasteiger partial charge in [-0.05, 0) is 111 Å². The second-order valence-corrected chi connectivity index (χ2v) is 15.1. The number of allylic oxidation sites excluding steroid dienone is 9. The molecule has 3 heteroatoms. The summed E-state index contributed by atoms with van der Waals surface area (Å²) in [5.41, 5.74) is 12.4. The van der Waals surface area contributed by atoms with Gasteiger partial charge in [0, 0.05) is 28.9 Å². The van der Waals surface area contributed by atoms with Crippen LogP contribution in [-0.2, 0) is 0 Å². The van der Waals surface area contributed by atoms with Crippen molar-refractivity contribution in [1.82, 2.24) is 0 Å². The van der Waals surface area contributed by atoms with Gasteiger partial charge in [0.05, 0.1) is 17.8 Å². The highest BCUT2D eigenvalue weighted by Gasteiger charge is 2.36. The fourth-order valence-corrected chi connectivity index (χ4v) is 9.52. The molecule has 6 atom stereocenters. The molecule has 49 heavy (non-hydrogen) atoms. The summed E-state index contributed by atoms with van der Waals surface area (Å²) in [6.07, 6.45) is 31.7. The Morgan fingerprint density at radius 3 is 2.33 bits per heavy atom. The van der Waals surface area contributed by atoms with Gasteiger partial charge in [-0.15, -0.1) is 0 Å². The van der Waals surface area contributed by atoms with Gasteiger partial charge in [-0.2, -0.15) is 5.26 Å². The zero-order chi connectivity index (χ0) is 33.2. The summed E-state index contributed by atoms with van der Waals surface area (Å²) < 4.78 is 0. The van der Waals surface area contributed by atoms with Crippen LogP contribution in [-0.4, -0.2) is 17.6 Å². The van der Waals surface area contributed by atoms with Crippen LogP contribution in [0.5, 0.6) is 0 Å². The SMILES string of the molecule is CC1C(c2ccc(C3C4=C(CCCC4)CCC3c3ccc(C4CC=C(C#N)CC4)cc3)cc2)=NC(C2=CCCC=C2)=NC1C1C=CC=CC1. The average molecular weight is 644 g/mol. The van der Waals surface area contributed by atoms with Crippen molar-refractivity contribution in [2.45, 2.75) is 108 Å². The molecule has 0 N–H and O–H groups in total. The molecular formula is C46H49N3. The third-order valence-corrected chi connectivity index (χ3v) is 12.3. The molecule has 0 saturated carbocycles. The zero-order valence-electron chi connectivity index (χ0n) is 29.0. The van der Waals surface area contributed by atoms with Gasteiger partial charge in [0.25, 0.3) is 0 Å². The van der Waals surface area contributed by atoms with Crippen molar-refractivity contribution in [1.29, 1.82) is 5.26 Å². The third-order valence-electron chi connectivity index (χ3n) is 12.3. The highest BCUT2D eigenvalue weighted by atomic mass is 15.0. The first-order valence-electron chi connectivity index (χ1n) is 19.0. The average Bonchev–Trinajstić information content (AvgIpc) is 3.18. The molecule has 8 rings (SSSR count). The van der Waals surface area contributed by atoms with Gasteiger partial charge in [-0.1, -0.05) is 115 Å². The summed E-state index contributed by atoms with van der Waals surface area (Å²) in [7, 11) is 0. The monoisotopic (exact) mass is 643 g/mol. The Bertz CT molecular complexity index is 1850. The van der Waals surface area contributed by atoms with E-state index in [4.69, 9.17) is 9.98 Å². The van der Waals surface area contributed by atoms with Crippen LogP contribution in [0.1, 0.15) is 124 Å². The molecule has 0 bridgehead atoms. The summed E-state index contributed by atoms with van der Waals surface area (Å²) in [6.45, 7) is 2.33. The lowest BCUT2D eigenvalue weighted by atomic mass is 9.65. The predicted molar refractivity (Wildman–Crippen MR) is 203 cm³/mol. The molecule has 0 fully saturated rings. The first-order chi connectivity index (χ1) is 24.2. The molecule has 2 aromatic rings. The number of nitriles is 1. The second-order valence-electron chi connectivity index (χ2n) is 15.1. The Morgan fingerprint density at radius 1 is 0.776 bits per heavy atom. The van der Waals surface area contributed by atoms with Gasteiger partial charge < -0.3 is 0 Å². The molecule has 5 aliphatic carbocycles. The lowest BCUT2D eigenvalue weighted by Crippen LogP contribution is -2.36. The minimum absolute atomic E-state index is 0.179. The first-order valence-corrected chi connectivity index (χ1v) is 19.0. The molecule has 0 radical (unpaired) electrons. The van der Waals surface area contributed by atoms with Crippen molar-refractivity contribution in [3.8, 4) is 6.07 Å². The number of nitrogens with zero attached hydrogens (tertiary/aromatic N) is 3. The predicted octanol–water partition coefficient (Wildman–Crippen LogP) is 11.6. The van der Waals surface area contributed by atoms with Gasteiger partial charge in [0.15, 0.2) is 5.84 Å². The molecule has 6 unspecified atom stereocenters. The van der Waals surface area contributed by atoms with Crippen LogP contribution in [0, 0.1) is 23.2 Å². The molecule has 0 amide bonds. The van der Waals surface area contributed by atoms with Crippen molar-refractivity contribution in [2.24, 2.45) is 21.8 Å². The number of hydrogen-bond donors (Lipinski definition) is 0. The van der Waals surface area contributed by atoms with Crippen LogP contribution in [0.25, 0.3) is 0 Å². The quantitative estimate of drug-likeness (QED) is 0.289. The fraction of sp³-hybridized carbons (Fsp3) is 0.413. The van der Waals surface area contributed by atoms with Crippen LogP contribution in [0.4, 0.5) is 0 Å². The van der Waals surface area contributed by atoms with Crippen LogP contribution < -0.4 is 0 Å². The van der Waals surface area contributed by atoms with E-state index in [1.807, 2.05) is 0 Å². The summed E-state index contributed by atoms with van der Waals surface area (Å²) in [6, 6.07) is 21.8. The molecule has 0 aromatic heterocycles. The van der Waals surface area contributed by atoms with Crippen molar-refractivity contribution < 1.29 is 0 Å². The minimum atomic E-state index is 0.179.